The van der Waals surface area contributed by atoms with Gasteiger partial charge in [-0.05, 0) is 39.1 Å². The summed E-state index contributed by atoms with van der Waals surface area (Å²) in [5, 5.41) is 3.15. The van der Waals surface area contributed by atoms with Gasteiger partial charge >= 0.3 is 0 Å². The maximum absolute atomic E-state index is 4.63. The second kappa shape index (κ2) is 5.54. The zero-order valence-electron chi connectivity index (χ0n) is 12.4. The fraction of sp³-hybridized carbons (Fsp3) is 0.250. The van der Waals surface area contributed by atoms with Gasteiger partial charge in [-0.15, -0.1) is 0 Å². The summed E-state index contributed by atoms with van der Waals surface area (Å²) in [5.74, 6) is 0.734. The summed E-state index contributed by atoms with van der Waals surface area (Å²) in [6.07, 6.45) is 3.39. The summed E-state index contributed by atoms with van der Waals surface area (Å²) in [7, 11) is 1.93. The zero-order chi connectivity index (χ0) is 14.8. The minimum atomic E-state index is 0.734. The van der Waals surface area contributed by atoms with Gasteiger partial charge in [-0.25, -0.2) is 9.97 Å². The van der Waals surface area contributed by atoms with E-state index in [1.165, 1.54) is 0 Å². The van der Waals surface area contributed by atoms with Gasteiger partial charge in [0, 0.05) is 41.5 Å². The second-order valence-electron chi connectivity index (χ2n) is 4.99. The molecule has 2 aromatic heterocycles. The van der Waals surface area contributed by atoms with E-state index >= 15 is 0 Å². The first-order valence-corrected chi connectivity index (χ1v) is 6.89. The normalized spacial score (nSPS) is 11.0. The van der Waals surface area contributed by atoms with Crippen LogP contribution < -0.4 is 5.32 Å². The molecule has 5 nitrogen and oxygen atoms in total. The molecule has 3 rings (SSSR count). The van der Waals surface area contributed by atoms with Crippen LogP contribution in [0.25, 0.3) is 22.4 Å². The van der Waals surface area contributed by atoms with Crippen LogP contribution in [0.3, 0.4) is 0 Å². The molecule has 0 aliphatic carbocycles. The Kier molecular flexibility index (Phi) is 3.58. The van der Waals surface area contributed by atoms with Gasteiger partial charge in [0.2, 0.25) is 0 Å². The van der Waals surface area contributed by atoms with Crippen molar-refractivity contribution >= 4 is 11.0 Å². The first-order valence-electron chi connectivity index (χ1n) is 6.89. The highest BCUT2D eigenvalue weighted by molar-refractivity contribution is 5.79. The summed E-state index contributed by atoms with van der Waals surface area (Å²) in [5.41, 5.74) is 5.86. The summed E-state index contributed by atoms with van der Waals surface area (Å²) < 4.78 is 0. The predicted molar refractivity (Wildman–Crippen MR) is 82.8 cm³/mol. The molecule has 0 saturated carbocycles. The fourth-order valence-corrected chi connectivity index (χ4v) is 2.40. The van der Waals surface area contributed by atoms with E-state index in [1.54, 1.807) is 12.4 Å². The molecule has 0 fully saturated rings. The van der Waals surface area contributed by atoms with Crippen LogP contribution in [-0.4, -0.2) is 27.0 Å². The van der Waals surface area contributed by atoms with Crippen molar-refractivity contribution in [3.05, 3.63) is 47.5 Å². The first-order chi connectivity index (χ1) is 10.2. The molecule has 0 saturated heterocycles. The lowest BCUT2D eigenvalue weighted by atomic mass is 10.1. The van der Waals surface area contributed by atoms with Gasteiger partial charge in [0.1, 0.15) is 0 Å². The Balaban J connectivity index is 2.10. The molecule has 5 heteroatoms. The molecule has 3 aromatic rings. The number of hydrogen-bond acceptors (Lipinski definition) is 5. The molecule has 106 valence electrons. The molecule has 2 heterocycles. The number of aromatic nitrogens is 4. The Bertz CT molecular complexity index is 775. The van der Waals surface area contributed by atoms with Crippen molar-refractivity contribution in [1.82, 2.24) is 25.3 Å². The summed E-state index contributed by atoms with van der Waals surface area (Å²) in [6.45, 7) is 4.82. The minimum absolute atomic E-state index is 0.734. The second-order valence-corrected chi connectivity index (χ2v) is 4.99. The van der Waals surface area contributed by atoms with E-state index in [1.807, 2.05) is 39.1 Å². The number of nitrogens with one attached hydrogen (secondary N) is 1. The predicted octanol–water partition coefficient (Wildman–Crippen LogP) is 2.42. The highest BCUT2D eigenvalue weighted by Gasteiger charge is 2.10. The molecule has 1 aromatic carbocycles. The fourth-order valence-electron chi connectivity index (χ4n) is 2.40. The zero-order valence-corrected chi connectivity index (χ0v) is 12.4. The molecule has 1 N–H and O–H groups in total. The van der Waals surface area contributed by atoms with E-state index < -0.39 is 0 Å². The average molecular weight is 279 g/mol. The Labute approximate surface area is 123 Å². The highest BCUT2D eigenvalue weighted by atomic mass is 14.9. The average Bonchev–Trinajstić information content (AvgIpc) is 2.50. The van der Waals surface area contributed by atoms with Gasteiger partial charge in [-0.2, -0.15) is 0 Å². The Morgan fingerprint density at radius 2 is 1.62 bits per heavy atom. The van der Waals surface area contributed by atoms with Crippen molar-refractivity contribution in [2.45, 2.75) is 20.4 Å². The van der Waals surface area contributed by atoms with E-state index in [0.717, 1.165) is 45.9 Å². The van der Waals surface area contributed by atoms with Crippen LogP contribution in [0.5, 0.6) is 0 Å². The molecule has 21 heavy (non-hydrogen) atoms. The maximum atomic E-state index is 4.63. The number of fused-ring (bicyclic) bond motifs is 1. The third kappa shape index (κ3) is 2.60. The molecule has 0 bridgehead atoms. The van der Waals surface area contributed by atoms with Crippen molar-refractivity contribution in [2.24, 2.45) is 0 Å². The molecule has 0 atom stereocenters. The Hall–Kier alpha value is -2.40. The molecule has 0 spiro atoms. The molecule has 0 amide bonds. The van der Waals surface area contributed by atoms with Crippen LogP contribution in [-0.2, 0) is 6.54 Å². The quantitative estimate of drug-likeness (QED) is 0.797. The molecular weight excluding hydrogens is 262 g/mol. The molecule has 0 aliphatic heterocycles. The Morgan fingerprint density at radius 3 is 2.29 bits per heavy atom. The third-order valence-corrected chi connectivity index (χ3v) is 3.50. The van der Waals surface area contributed by atoms with Gasteiger partial charge < -0.3 is 5.32 Å². The van der Waals surface area contributed by atoms with Crippen molar-refractivity contribution in [3.63, 3.8) is 0 Å². The van der Waals surface area contributed by atoms with Gasteiger partial charge in [0.25, 0.3) is 0 Å². The lowest BCUT2D eigenvalue weighted by Gasteiger charge is -2.10. The van der Waals surface area contributed by atoms with Crippen LogP contribution in [0, 0.1) is 13.8 Å². The van der Waals surface area contributed by atoms with Crippen LogP contribution >= 0.6 is 0 Å². The van der Waals surface area contributed by atoms with Gasteiger partial charge in [-0.1, -0.05) is 0 Å². The maximum Gasteiger partial charge on any atom is 0.159 e. The topological polar surface area (TPSA) is 63.6 Å². The molecule has 0 radical (unpaired) electrons. The van der Waals surface area contributed by atoms with E-state index in [0.29, 0.717) is 0 Å². The van der Waals surface area contributed by atoms with Crippen molar-refractivity contribution < 1.29 is 0 Å². The van der Waals surface area contributed by atoms with Crippen LogP contribution in [0.2, 0.25) is 0 Å². The minimum Gasteiger partial charge on any atom is -0.316 e. The third-order valence-electron chi connectivity index (χ3n) is 3.50. The van der Waals surface area contributed by atoms with E-state index in [2.05, 4.69) is 25.3 Å². The largest absolute Gasteiger partial charge is 0.316 e. The SMILES string of the molecule is CNCc1c(C)nc(-c2ccc3nccnc3c2)nc1C. The molecule has 0 aliphatic rings. The summed E-state index contributed by atoms with van der Waals surface area (Å²) in [6, 6.07) is 5.92. The smallest absolute Gasteiger partial charge is 0.159 e. The molecule has 0 unspecified atom stereocenters. The lowest BCUT2D eigenvalue weighted by molar-refractivity contribution is 0.787. The van der Waals surface area contributed by atoms with Gasteiger partial charge in [0.05, 0.1) is 11.0 Å². The van der Waals surface area contributed by atoms with E-state index in [4.69, 9.17) is 0 Å². The Morgan fingerprint density at radius 1 is 0.952 bits per heavy atom. The highest BCUT2D eigenvalue weighted by Crippen LogP contribution is 2.21. The van der Waals surface area contributed by atoms with E-state index in [9.17, 15) is 0 Å². The van der Waals surface area contributed by atoms with Crippen LogP contribution in [0.4, 0.5) is 0 Å². The van der Waals surface area contributed by atoms with Crippen LogP contribution in [0.1, 0.15) is 17.0 Å². The number of benzene rings is 1. The number of hydrogen-bond donors (Lipinski definition) is 1. The molecular formula is C16H17N5. The number of rotatable bonds is 3. The summed E-state index contributed by atoms with van der Waals surface area (Å²) in [4.78, 5) is 17.9. The van der Waals surface area contributed by atoms with Gasteiger partial charge in [0.15, 0.2) is 5.82 Å². The lowest BCUT2D eigenvalue weighted by Crippen LogP contribution is -2.11. The summed E-state index contributed by atoms with van der Waals surface area (Å²) >= 11 is 0. The van der Waals surface area contributed by atoms with Crippen molar-refractivity contribution in [1.29, 1.82) is 0 Å². The van der Waals surface area contributed by atoms with Crippen molar-refractivity contribution in [3.8, 4) is 11.4 Å². The van der Waals surface area contributed by atoms with Gasteiger partial charge in [-0.3, -0.25) is 9.97 Å². The first kappa shape index (κ1) is 13.6. The standard InChI is InChI=1S/C16H17N5/c1-10-13(9-17-3)11(2)21-16(20-10)12-4-5-14-15(8-12)19-7-6-18-14/h4-8,17H,9H2,1-3H3. The van der Waals surface area contributed by atoms with E-state index in [-0.39, 0.29) is 0 Å². The van der Waals surface area contributed by atoms with Crippen molar-refractivity contribution in [2.75, 3.05) is 7.05 Å². The number of aryl methyl sites for hydroxylation is 2. The number of nitrogens with zero attached hydrogens (tertiary/aromatic N) is 4. The van der Waals surface area contributed by atoms with Crippen LogP contribution in [0.15, 0.2) is 30.6 Å². The monoisotopic (exact) mass is 279 g/mol.